The minimum atomic E-state index is 0.542. The smallest absolute Gasteiger partial charge is 0.119 e. The Morgan fingerprint density at radius 1 is 1.36 bits per heavy atom. The maximum atomic E-state index is 5.20. The van der Waals surface area contributed by atoms with E-state index >= 15 is 0 Å². The first-order valence-electron chi connectivity index (χ1n) is 4.92. The largest absolute Gasteiger partial charge is 0.497 e. The van der Waals surface area contributed by atoms with Gasteiger partial charge in [-0.05, 0) is 37.7 Å². The van der Waals surface area contributed by atoms with Crippen molar-refractivity contribution in [1.29, 1.82) is 0 Å². The van der Waals surface area contributed by atoms with Crippen LogP contribution in [0.25, 0.3) is 0 Å². The predicted molar refractivity (Wildman–Crippen MR) is 60.0 cm³/mol. The van der Waals surface area contributed by atoms with Crippen LogP contribution in [0.1, 0.15) is 18.4 Å². The van der Waals surface area contributed by atoms with Crippen LogP contribution in [-0.4, -0.2) is 32.6 Å². The molecule has 0 heterocycles. The number of hydrogen-bond acceptors (Lipinski definition) is 2. The third-order valence-corrected chi connectivity index (χ3v) is 2.30. The highest BCUT2D eigenvalue weighted by atomic mass is 16.5. The van der Waals surface area contributed by atoms with Crippen LogP contribution in [0.2, 0.25) is 0 Å². The maximum Gasteiger partial charge on any atom is 0.119 e. The molecule has 2 nitrogen and oxygen atoms in total. The zero-order valence-electron chi connectivity index (χ0n) is 9.45. The van der Waals surface area contributed by atoms with Crippen LogP contribution in [0.3, 0.4) is 0 Å². The highest BCUT2D eigenvalue weighted by molar-refractivity contribution is 5.30. The van der Waals surface area contributed by atoms with Gasteiger partial charge in [0.2, 0.25) is 0 Å². The second-order valence-electron chi connectivity index (χ2n) is 3.94. The summed E-state index contributed by atoms with van der Waals surface area (Å²) in [5, 5.41) is 0. The van der Waals surface area contributed by atoms with Crippen LogP contribution in [0.4, 0.5) is 0 Å². The number of methoxy groups -OCH3 is 1. The molecule has 1 rings (SSSR count). The second kappa shape index (κ2) is 5.01. The standard InChI is InChI=1S/C12H19NO/c1-10(9-13(2)3)11-6-5-7-12(8-11)14-4/h5-8,10H,9H2,1-4H3. The lowest BCUT2D eigenvalue weighted by Gasteiger charge is -2.17. The first-order chi connectivity index (χ1) is 6.63. The van der Waals surface area contributed by atoms with E-state index in [0.717, 1.165) is 12.3 Å². The first-order valence-corrected chi connectivity index (χ1v) is 4.92. The van der Waals surface area contributed by atoms with Crippen molar-refractivity contribution in [1.82, 2.24) is 4.90 Å². The molecule has 0 amide bonds. The summed E-state index contributed by atoms with van der Waals surface area (Å²) in [6, 6.07) is 8.27. The van der Waals surface area contributed by atoms with Gasteiger partial charge in [0.05, 0.1) is 7.11 Å². The quantitative estimate of drug-likeness (QED) is 0.728. The third kappa shape index (κ3) is 3.04. The lowest BCUT2D eigenvalue weighted by Crippen LogP contribution is -2.18. The Morgan fingerprint density at radius 2 is 2.07 bits per heavy atom. The molecule has 0 fully saturated rings. The molecule has 1 unspecified atom stereocenters. The number of benzene rings is 1. The second-order valence-corrected chi connectivity index (χ2v) is 3.94. The zero-order chi connectivity index (χ0) is 10.6. The Morgan fingerprint density at radius 3 is 2.64 bits per heavy atom. The molecule has 1 aromatic carbocycles. The molecule has 0 saturated carbocycles. The highest BCUT2D eigenvalue weighted by Gasteiger charge is 2.06. The number of rotatable bonds is 4. The van der Waals surface area contributed by atoms with E-state index in [0.29, 0.717) is 5.92 Å². The Hall–Kier alpha value is -1.02. The van der Waals surface area contributed by atoms with E-state index in [9.17, 15) is 0 Å². The van der Waals surface area contributed by atoms with E-state index in [1.54, 1.807) is 7.11 Å². The summed E-state index contributed by atoms with van der Waals surface area (Å²) in [5.74, 6) is 1.48. The molecule has 1 aromatic rings. The van der Waals surface area contributed by atoms with E-state index < -0.39 is 0 Å². The van der Waals surface area contributed by atoms with E-state index in [1.807, 2.05) is 12.1 Å². The number of ether oxygens (including phenoxy) is 1. The number of nitrogens with zero attached hydrogens (tertiary/aromatic N) is 1. The van der Waals surface area contributed by atoms with E-state index in [2.05, 4.69) is 38.1 Å². The topological polar surface area (TPSA) is 12.5 Å². The van der Waals surface area contributed by atoms with Gasteiger partial charge in [0.15, 0.2) is 0 Å². The van der Waals surface area contributed by atoms with Gasteiger partial charge in [0, 0.05) is 6.54 Å². The van der Waals surface area contributed by atoms with Crippen LogP contribution in [0.5, 0.6) is 5.75 Å². The van der Waals surface area contributed by atoms with Crippen LogP contribution >= 0.6 is 0 Å². The summed E-state index contributed by atoms with van der Waals surface area (Å²) in [4.78, 5) is 2.20. The van der Waals surface area contributed by atoms with Crippen molar-refractivity contribution >= 4 is 0 Å². The van der Waals surface area contributed by atoms with Gasteiger partial charge < -0.3 is 9.64 Å². The summed E-state index contributed by atoms with van der Waals surface area (Å²) in [7, 11) is 5.89. The Kier molecular flexibility index (Phi) is 3.96. The summed E-state index contributed by atoms with van der Waals surface area (Å²) in [6.45, 7) is 3.29. The summed E-state index contributed by atoms with van der Waals surface area (Å²) in [6.07, 6.45) is 0. The van der Waals surface area contributed by atoms with Crippen molar-refractivity contribution in [3.05, 3.63) is 29.8 Å². The molecule has 2 heteroatoms. The molecule has 0 saturated heterocycles. The van der Waals surface area contributed by atoms with Crippen LogP contribution in [0.15, 0.2) is 24.3 Å². The van der Waals surface area contributed by atoms with E-state index in [-0.39, 0.29) is 0 Å². The Labute approximate surface area is 86.5 Å². The molecule has 0 aromatic heterocycles. The van der Waals surface area contributed by atoms with Crippen molar-refractivity contribution in [2.45, 2.75) is 12.8 Å². The van der Waals surface area contributed by atoms with Crippen LogP contribution in [0, 0.1) is 0 Å². The first kappa shape index (κ1) is 11.1. The molecule has 78 valence electrons. The molecular weight excluding hydrogens is 174 g/mol. The lowest BCUT2D eigenvalue weighted by molar-refractivity contribution is 0.381. The van der Waals surface area contributed by atoms with E-state index in [4.69, 9.17) is 4.74 Å². The van der Waals surface area contributed by atoms with E-state index in [1.165, 1.54) is 5.56 Å². The van der Waals surface area contributed by atoms with Gasteiger partial charge in [-0.1, -0.05) is 19.1 Å². The predicted octanol–water partition coefficient (Wildman–Crippen LogP) is 2.36. The van der Waals surface area contributed by atoms with Crippen LogP contribution in [-0.2, 0) is 0 Å². The van der Waals surface area contributed by atoms with Gasteiger partial charge in [0.1, 0.15) is 5.75 Å². The summed E-state index contributed by atoms with van der Waals surface area (Å²) in [5.41, 5.74) is 1.33. The number of likely N-dealkylation sites (N-methyl/N-ethyl adjacent to an activating group) is 1. The van der Waals surface area contributed by atoms with Gasteiger partial charge in [-0.3, -0.25) is 0 Å². The maximum absolute atomic E-state index is 5.20. The van der Waals surface area contributed by atoms with Crippen molar-refractivity contribution in [2.24, 2.45) is 0 Å². The fourth-order valence-electron chi connectivity index (χ4n) is 1.60. The molecule has 0 N–H and O–H groups in total. The Balaban J connectivity index is 2.73. The zero-order valence-corrected chi connectivity index (χ0v) is 9.45. The SMILES string of the molecule is COc1cccc(C(C)CN(C)C)c1. The van der Waals surface area contributed by atoms with Gasteiger partial charge >= 0.3 is 0 Å². The summed E-state index contributed by atoms with van der Waals surface area (Å²) < 4.78 is 5.20. The molecule has 0 aliphatic carbocycles. The molecule has 0 bridgehead atoms. The van der Waals surface area contributed by atoms with Crippen molar-refractivity contribution in [3.63, 3.8) is 0 Å². The van der Waals surface area contributed by atoms with Crippen molar-refractivity contribution in [3.8, 4) is 5.75 Å². The molecule has 1 atom stereocenters. The molecular formula is C12H19NO. The average Bonchev–Trinajstić information content (AvgIpc) is 2.17. The number of hydrogen-bond donors (Lipinski definition) is 0. The lowest BCUT2D eigenvalue weighted by atomic mass is 10.0. The molecule has 0 spiro atoms. The highest BCUT2D eigenvalue weighted by Crippen LogP contribution is 2.20. The summed E-state index contributed by atoms with van der Waals surface area (Å²) >= 11 is 0. The fraction of sp³-hybridized carbons (Fsp3) is 0.500. The minimum Gasteiger partial charge on any atom is -0.497 e. The van der Waals surface area contributed by atoms with Crippen molar-refractivity contribution < 1.29 is 4.74 Å². The monoisotopic (exact) mass is 193 g/mol. The third-order valence-electron chi connectivity index (χ3n) is 2.30. The van der Waals surface area contributed by atoms with Gasteiger partial charge in [-0.2, -0.15) is 0 Å². The van der Waals surface area contributed by atoms with Crippen molar-refractivity contribution in [2.75, 3.05) is 27.7 Å². The van der Waals surface area contributed by atoms with Crippen LogP contribution < -0.4 is 4.74 Å². The van der Waals surface area contributed by atoms with Gasteiger partial charge in [-0.15, -0.1) is 0 Å². The van der Waals surface area contributed by atoms with Gasteiger partial charge in [0.25, 0.3) is 0 Å². The molecule has 0 aliphatic rings. The molecule has 0 aliphatic heterocycles. The molecule has 14 heavy (non-hydrogen) atoms. The van der Waals surface area contributed by atoms with Gasteiger partial charge in [-0.25, -0.2) is 0 Å². The fourth-order valence-corrected chi connectivity index (χ4v) is 1.60. The molecule has 0 radical (unpaired) electrons. The Bertz CT molecular complexity index is 283. The average molecular weight is 193 g/mol. The normalized spacial score (nSPS) is 12.9. The minimum absolute atomic E-state index is 0.542.